The van der Waals surface area contributed by atoms with Gasteiger partial charge in [-0.1, -0.05) is 42.1 Å². The third kappa shape index (κ3) is 4.72. The van der Waals surface area contributed by atoms with Gasteiger partial charge in [-0.05, 0) is 45.0 Å². The van der Waals surface area contributed by atoms with Crippen LogP contribution in [0.1, 0.15) is 20.8 Å². The summed E-state index contributed by atoms with van der Waals surface area (Å²) in [6.07, 6.45) is 0. The summed E-state index contributed by atoms with van der Waals surface area (Å²) in [7, 11) is 0. The molecule has 3 aromatic rings. The van der Waals surface area contributed by atoms with Crippen molar-refractivity contribution in [1.29, 1.82) is 0 Å². The molecule has 3 rings (SSSR count). The van der Waals surface area contributed by atoms with Crippen LogP contribution in [-0.2, 0) is 11.3 Å². The van der Waals surface area contributed by atoms with Gasteiger partial charge in [0.05, 0.1) is 11.9 Å². The molecule has 28 heavy (non-hydrogen) atoms. The Morgan fingerprint density at radius 3 is 2.46 bits per heavy atom. The second-order valence-corrected chi connectivity index (χ2v) is 7.43. The molecule has 0 radical (unpaired) electrons. The SMILES string of the molecule is CCOc1ccc(NC(=O)[C@H](C)Sc2nnc(-c3ccccc3)n2CC)cc1. The Hall–Kier alpha value is -2.80. The lowest BCUT2D eigenvalue weighted by Crippen LogP contribution is -2.22. The van der Waals surface area contributed by atoms with E-state index in [2.05, 4.69) is 15.5 Å². The highest BCUT2D eigenvalue weighted by Crippen LogP contribution is 2.27. The first-order valence-electron chi connectivity index (χ1n) is 9.31. The molecule has 0 fully saturated rings. The van der Waals surface area contributed by atoms with Crippen molar-refractivity contribution in [2.75, 3.05) is 11.9 Å². The number of aromatic nitrogens is 3. The van der Waals surface area contributed by atoms with Gasteiger partial charge in [0.2, 0.25) is 5.91 Å². The Morgan fingerprint density at radius 1 is 1.11 bits per heavy atom. The number of hydrogen-bond donors (Lipinski definition) is 1. The average molecular weight is 397 g/mol. The number of carbonyl (C=O) groups is 1. The molecule has 146 valence electrons. The Kier molecular flexibility index (Phi) is 6.71. The van der Waals surface area contributed by atoms with Gasteiger partial charge in [0.1, 0.15) is 5.75 Å². The zero-order chi connectivity index (χ0) is 19.9. The monoisotopic (exact) mass is 396 g/mol. The van der Waals surface area contributed by atoms with Crippen LogP contribution in [0.4, 0.5) is 5.69 Å². The fourth-order valence-electron chi connectivity index (χ4n) is 2.72. The highest BCUT2D eigenvalue weighted by atomic mass is 32.2. The number of benzene rings is 2. The van der Waals surface area contributed by atoms with Gasteiger partial charge in [-0.2, -0.15) is 0 Å². The van der Waals surface area contributed by atoms with Crippen molar-refractivity contribution >= 4 is 23.4 Å². The van der Waals surface area contributed by atoms with E-state index < -0.39 is 0 Å². The molecule has 1 atom stereocenters. The minimum Gasteiger partial charge on any atom is -0.494 e. The lowest BCUT2D eigenvalue weighted by Gasteiger charge is -2.13. The van der Waals surface area contributed by atoms with Gasteiger partial charge in [0.15, 0.2) is 11.0 Å². The second kappa shape index (κ2) is 9.41. The van der Waals surface area contributed by atoms with Crippen molar-refractivity contribution in [3.05, 3.63) is 54.6 Å². The Bertz CT molecular complexity index is 910. The minimum atomic E-state index is -0.315. The Balaban J connectivity index is 1.68. The molecule has 0 saturated heterocycles. The quantitative estimate of drug-likeness (QED) is 0.569. The third-order valence-electron chi connectivity index (χ3n) is 4.15. The molecule has 0 aliphatic rings. The van der Waals surface area contributed by atoms with E-state index in [1.165, 1.54) is 11.8 Å². The zero-order valence-corrected chi connectivity index (χ0v) is 17.1. The molecule has 1 amide bonds. The first-order chi connectivity index (χ1) is 13.6. The summed E-state index contributed by atoms with van der Waals surface area (Å²) < 4.78 is 7.45. The summed E-state index contributed by atoms with van der Waals surface area (Å²) in [5.41, 5.74) is 1.75. The van der Waals surface area contributed by atoms with Crippen molar-refractivity contribution in [2.24, 2.45) is 0 Å². The Labute approximate surface area is 169 Å². The van der Waals surface area contributed by atoms with Gasteiger partial charge in [-0.15, -0.1) is 10.2 Å². The van der Waals surface area contributed by atoms with Crippen LogP contribution in [0.2, 0.25) is 0 Å². The summed E-state index contributed by atoms with van der Waals surface area (Å²) in [6, 6.07) is 17.3. The van der Waals surface area contributed by atoms with Crippen molar-refractivity contribution in [2.45, 2.75) is 37.7 Å². The topological polar surface area (TPSA) is 69.0 Å². The number of rotatable bonds is 8. The first-order valence-corrected chi connectivity index (χ1v) is 10.2. The molecule has 0 bridgehead atoms. The highest BCUT2D eigenvalue weighted by Gasteiger charge is 2.20. The van der Waals surface area contributed by atoms with Crippen LogP contribution in [0, 0.1) is 0 Å². The number of ether oxygens (including phenoxy) is 1. The predicted molar refractivity (Wildman–Crippen MR) is 113 cm³/mol. The molecule has 7 heteroatoms. The van der Waals surface area contributed by atoms with Crippen LogP contribution in [0.25, 0.3) is 11.4 Å². The Morgan fingerprint density at radius 2 is 1.82 bits per heavy atom. The molecule has 0 aliphatic heterocycles. The molecule has 0 saturated carbocycles. The van der Waals surface area contributed by atoms with Crippen LogP contribution in [0.15, 0.2) is 59.8 Å². The van der Waals surface area contributed by atoms with Crippen LogP contribution < -0.4 is 10.1 Å². The molecule has 1 aromatic heterocycles. The smallest absolute Gasteiger partial charge is 0.237 e. The number of carbonyl (C=O) groups excluding carboxylic acids is 1. The van der Waals surface area contributed by atoms with Crippen LogP contribution >= 0.6 is 11.8 Å². The summed E-state index contributed by atoms with van der Waals surface area (Å²) >= 11 is 1.40. The summed E-state index contributed by atoms with van der Waals surface area (Å²) in [6.45, 7) is 7.19. The van der Waals surface area contributed by atoms with Gasteiger partial charge in [-0.3, -0.25) is 4.79 Å². The number of nitrogens with zero attached hydrogens (tertiary/aromatic N) is 3. The van der Waals surface area contributed by atoms with E-state index in [1.807, 2.05) is 79.9 Å². The fourth-order valence-corrected chi connectivity index (χ4v) is 3.63. The van der Waals surface area contributed by atoms with Crippen molar-refractivity contribution in [1.82, 2.24) is 14.8 Å². The van der Waals surface area contributed by atoms with Crippen molar-refractivity contribution < 1.29 is 9.53 Å². The largest absolute Gasteiger partial charge is 0.494 e. The van der Waals surface area contributed by atoms with Gasteiger partial charge in [-0.25, -0.2) is 0 Å². The van der Waals surface area contributed by atoms with Crippen LogP contribution in [0.3, 0.4) is 0 Å². The lowest BCUT2D eigenvalue weighted by molar-refractivity contribution is -0.115. The number of anilines is 1. The van der Waals surface area contributed by atoms with Gasteiger partial charge in [0.25, 0.3) is 0 Å². The number of thioether (sulfide) groups is 1. The van der Waals surface area contributed by atoms with E-state index in [4.69, 9.17) is 4.74 Å². The highest BCUT2D eigenvalue weighted by molar-refractivity contribution is 8.00. The van der Waals surface area contributed by atoms with Gasteiger partial charge < -0.3 is 14.6 Å². The van der Waals surface area contributed by atoms with E-state index in [-0.39, 0.29) is 11.2 Å². The molecular weight excluding hydrogens is 372 g/mol. The van der Waals surface area contributed by atoms with Crippen LogP contribution in [-0.4, -0.2) is 32.5 Å². The summed E-state index contributed by atoms with van der Waals surface area (Å²) in [5, 5.41) is 12.0. The molecule has 0 aliphatic carbocycles. The van der Waals surface area contributed by atoms with E-state index in [9.17, 15) is 4.79 Å². The molecular formula is C21H24N4O2S. The number of hydrogen-bond acceptors (Lipinski definition) is 5. The van der Waals surface area contributed by atoms with Crippen molar-refractivity contribution in [3.63, 3.8) is 0 Å². The second-order valence-electron chi connectivity index (χ2n) is 6.12. The maximum atomic E-state index is 12.6. The first kappa shape index (κ1) is 19.9. The van der Waals surface area contributed by atoms with Gasteiger partial charge >= 0.3 is 0 Å². The van der Waals surface area contributed by atoms with Crippen molar-refractivity contribution in [3.8, 4) is 17.1 Å². The normalized spacial score (nSPS) is 11.8. The molecule has 1 heterocycles. The molecule has 2 aromatic carbocycles. The number of amides is 1. The maximum absolute atomic E-state index is 12.6. The maximum Gasteiger partial charge on any atom is 0.237 e. The molecule has 0 spiro atoms. The van der Waals surface area contributed by atoms with E-state index >= 15 is 0 Å². The predicted octanol–water partition coefficient (Wildman–Crippen LogP) is 4.48. The molecule has 6 nitrogen and oxygen atoms in total. The zero-order valence-electron chi connectivity index (χ0n) is 16.3. The van der Waals surface area contributed by atoms with E-state index in [0.717, 1.165) is 34.5 Å². The molecule has 1 N–H and O–H groups in total. The average Bonchev–Trinajstić information content (AvgIpc) is 3.12. The van der Waals surface area contributed by atoms with Crippen LogP contribution in [0.5, 0.6) is 5.75 Å². The number of nitrogens with one attached hydrogen (secondary N) is 1. The molecule has 0 unspecified atom stereocenters. The minimum absolute atomic E-state index is 0.0823. The van der Waals surface area contributed by atoms with E-state index in [0.29, 0.717) is 6.61 Å². The van der Waals surface area contributed by atoms with Gasteiger partial charge in [0, 0.05) is 17.8 Å². The summed E-state index contributed by atoms with van der Waals surface area (Å²) in [5.74, 6) is 1.51. The summed E-state index contributed by atoms with van der Waals surface area (Å²) in [4.78, 5) is 12.6. The third-order valence-corrected chi connectivity index (χ3v) is 5.23. The van der Waals surface area contributed by atoms with E-state index in [1.54, 1.807) is 0 Å². The fraction of sp³-hybridized carbons (Fsp3) is 0.286. The standard InChI is InChI=1S/C21H24N4O2S/c1-4-25-19(16-9-7-6-8-10-16)23-24-21(25)28-15(3)20(26)22-17-11-13-18(14-12-17)27-5-2/h6-15H,4-5H2,1-3H3,(H,22,26)/t15-/m0/s1. The lowest BCUT2D eigenvalue weighted by atomic mass is 10.2.